The first-order valence-corrected chi connectivity index (χ1v) is 6.95. The first-order valence-electron chi connectivity index (χ1n) is 6.95. The third-order valence-corrected chi connectivity index (χ3v) is 2.87. The van der Waals surface area contributed by atoms with Crippen LogP contribution < -0.4 is 15.4 Å². The Morgan fingerprint density at radius 3 is 2.77 bits per heavy atom. The summed E-state index contributed by atoms with van der Waals surface area (Å²) in [6, 6.07) is 8.98. The molecule has 22 heavy (non-hydrogen) atoms. The molecule has 1 unspecified atom stereocenters. The molecule has 0 fully saturated rings. The van der Waals surface area contributed by atoms with E-state index in [0.29, 0.717) is 18.9 Å². The van der Waals surface area contributed by atoms with Gasteiger partial charge in [0, 0.05) is 18.9 Å². The lowest BCUT2D eigenvalue weighted by Crippen LogP contribution is -2.43. The third-order valence-electron chi connectivity index (χ3n) is 2.87. The molecule has 0 aliphatic carbocycles. The maximum atomic E-state index is 12.8. The monoisotopic (exact) mass is 303 g/mol. The molecule has 0 spiro atoms. The normalized spacial score (nSPS) is 11.5. The number of pyridine rings is 1. The van der Waals surface area contributed by atoms with E-state index in [1.54, 1.807) is 24.5 Å². The highest BCUT2D eigenvalue weighted by Crippen LogP contribution is 2.11. The summed E-state index contributed by atoms with van der Waals surface area (Å²) in [6.45, 7) is 2.53. The van der Waals surface area contributed by atoms with Crippen molar-refractivity contribution in [3.63, 3.8) is 0 Å². The number of urea groups is 1. The summed E-state index contributed by atoms with van der Waals surface area (Å²) in [4.78, 5) is 15.7. The molecule has 0 saturated heterocycles. The average Bonchev–Trinajstić information content (AvgIpc) is 2.53. The zero-order valence-corrected chi connectivity index (χ0v) is 12.3. The zero-order chi connectivity index (χ0) is 15.8. The molecule has 0 aliphatic heterocycles. The predicted molar refractivity (Wildman–Crippen MR) is 81.0 cm³/mol. The quantitative estimate of drug-likeness (QED) is 0.862. The summed E-state index contributed by atoms with van der Waals surface area (Å²) in [7, 11) is 0. The Morgan fingerprint density at radius 1 is 1.32 bits per heavy atom. The molecular weight excluding hydrogens is 285 g/mol. The summed E-state index contributed by atoms with van der Waals surface area (Å²) in [5.41, 5.74) is 0.924. The number of hydrogen-bond acceptors (Lipinski definition) is 3. The number of nitrogens with zero attached hydrogens (tertiary/aromatic N) is 1. The molecule has 0 radical (unpaired) electrons. The Morgan fingerprint density at radius 2 is 2.09 bits per heavy atom. The zero-order valence-electron chi connectivity index (χ0n) is 12.3. The second-order valence-electron chi connectivity index (χ2n) is 4.85. The van der Waals surface area contributed by atoms with Crippen LogP contribution in [0.4, 0.5) is 9.18 Å². The van der Waals surface area contributed by atoms with Gasteiger partial charge in [-0.15, -0.1) is 0 Å². The van der Waals surface area contributed by atoms with Gasteiger partial charge in [-0.3, -0.25) is 4.98 Å². The lowest BCUT2D eigenvalue weighted by atomic mass is 10.3. The molecule has 0 aliphatic rings. The van der Waals surface area contributed by atoms with E-state index in [0.717, 1.165) is 5.56 Å². The largest absolute Gasteiger partial charge is 0.491 e. The fourth-order valence-electron chi connectivity index (χ4n) is 1.75. The Hall–Kier alpha value is -2.63. The maximum Gasteiger partial charge on any atom is 0.315 e. The molecule has 6 heteroatoms. The van der Waals surface area contributed by atoms with E-state index in [1.807, 2.05) is 19.1 Å². The van der Waals surface area contributed by atoms with E-state index in [4.69, 9.17) is 4.74 Å². The fourth-order valence-corrected chi connectivity index (χ4v) is 1.75. The Bertz CT molecular complexity index is 590. The smallest absolute Gasteiger partial charge is 0.315 e. The SMILES string of the molecule is CC(COc1ccc(F)cc1)NC(=O)NCc1cccnc1. The number of hydrogen-bond donors (Lipinski definition) is 2. The number of halogens is 1. The van der Waals surface area contributed by atoms with E-state index in [1.165, 1.54) is 12.1 Å². The van der Waals surface area contributed by atoms with E-state index in [-0.39, 0.29) is 17.9 Å². The fraction of sp³-hybridized carbons (Fsp3) is 0.250. The van der Waals surface area contributed by atoms with Crippen molar-refractivity contribution in [3.8, 4) is 5.75 Å². The Kier molecular flexibility index (Phi) is 5.71. The van der Waals surface area contributed by atoms with Gasteiger partial charge in [0.2, 0.25) is 0 Å². The molecule has 116 valence electrons. The molecule has 1 aromatic carbocycles. The molecule has 5 nitrogen and oxygen atoms in total. The van der Waals surface area contributed by atoms with Crippen LogP contribution in [0.25, 0.3) is 0 Å². The highest BCUT2D eigenvalue weighted by atomic mass is 19.1. The number of carbonyl (C=O) groups is 1. The van der Waals surface area contributed by atoms with Crippen molar-refractivity contribution >= 4 is 6.03 Å². The van der Waals surface area contributed by atoms with Crippen LogP contribution in [0.5, 0.6) is 5.75 Å². The second-order valence-corrected chi connectivity index (χ2v) is 4.85. The van der Waals surface area contributed by atoms with Crippen molar-refractivity contribution < 1.29 is 13.9 Å². The average molecular weight is 303 g/mol. The van der Waals surface area contributed by atoms with Crippen LogP contribution in [-0.2, 0) is 6.54 Å². The molecule has 2 rings (SSSR count). The first-order chi connectivity index (χ1) is 10.6. The highest BCUT2D eigenvalue weighted by Gasteiger charge is 2.07. The van der Waals surface area contributed by atoms with E-state index >= 15 is 0 Å². The minimum Gasteiger partial charge on any atom is -0.491 e. The molecule has 1 atom stereocenters. The van der Waals surface area contributed by atoms with Gasteiger partial charge in [-0.2, -0.15) is 0 Å². The van der Waals surface area contributed by atoms with E-state index in [9.17, 15) is 9.18 Å². The number of nitrogens with one attached hydrogen (secondary N) is 2. The molecular formula is C16H18FN3O2. The minimum atomic E-state index is -0.312. The summed E-state index contributed by atoms with van der Waals surface area (Å²) >= 11 is 0. The van der Waals surface area contributed by atoms with Crippen molar-refractivity contribution in [1.29, 1.82) is 0 Å². The number of rotatable bonds is 6. The molecule has 2 N–H and O–H groups in total. The Labute approximate surface area is 128 Å². The molecule has 0 saturated carbocycles. The maximum absolute atomic E-state index is 12.8. The van der Waals surface area contributed by atoms with Gasteiger partial charge in [0.15, 0.2) is 0 Å². The minimum absolute atomic E-state index is 0.182. The van der Waals surface area contributed by atoms with Gasteiger partial charge in [-0.1, -0.05) is 6.07 Å². The van der Waals surface area contributed by atoms with Crippen LogP contribution in [0.2, 0.25) is 0 Å². The second kappa shape index (κ2) is 7.97. The molecule has 2 amide bonds. The standard InChI is InChI=1S/C16H18FN3O2/c1-12(11-22-15-6-4-14(17)5-7-15)20-16(21)19-10-13-3-2-8-18-9-13/h2-9,12H,10-11H2,1H3,(H2,19,20,21). The molecule has 2 aromatic rings. The van der Waals surface area contributed by atoms with Crippen LogP contribution in [0.1, 0.15) is 12.5 Å². The molecule has 0 bridgehead atoms. The molecule has 1 heterocycles. The Balaban J connectivity index is 1.68. The molecule has 1 aromatic heterocycles. The third kappa shape index (κ3) is 5.40. The van der Waals surface area contributed by atoms with Gasteiger partial charge in [-0.05, 0) is 42.8 Å². The number of ether oxygens (including phenoxy) is 1. The van der Waals surface area contributed by atoms with Crippen molar-refractivity contribution in [1.82, 2.24) is 15.6 Å². The van der Waals surface area contributed by atoms with Crippen molar-refractivity contribution in [2.45, 2.75) is 19.5 Å². The summed E-state index contributed by atoms with van der Waals surface area (Å²) in [5.74, 6) is 0.249. The van der Waals surface area contributed by atoms with E-state index in [2.05, 4.69) is 15.6 Å². The van der Waals surface area contributed by atoms with Crippen LogP contribution in [-0.4, -0.2) is 23.7 Å². The van der Waals surface area contributed by atoms with Crippen molar-refractivity contribution in [2.24, 2.45) is 0 Å². The highest BCUT2D eigenvalue weighted by molar-refractivity contribution is 5.74. The lowest BCUT2D eigenvalue weighted by molar-refractivity contribution is 0.226. The van der Waals surface area contributed by atoms with Crippen LogP contribution in [0, 0.1) is 5.82 Å². The van der Waals surface area contributed by atoms with Gasteiger partial charge >= 0.3 is 6.03 Å². The van der Waals surface area contributed by atoms with E-state index < -0.39 is 0 Å². The summed E-state index contributed by atoms with van der Waals surface area (Å²) in [6.07, 6.45) is 3.37. The van der Waals surface area contributed by atoms with Crippen molar-refractivity contribution in [2.75, 3.05) is 6.61 Å². The number of amides is 2. The topological polar surface area (TPSA) is 63.2 Å². The lowest BCUT2D eigenvalue weighted by Gasteiger charge is -2.15. The number of benzene rings is 1. The van der Waals surface area contributed by atoms with Crippen LogP contribution in [0.15, 0.2) is 48.8 Å². The summed E-state index contributed by atoms with van der Waals surface area (Å²) < 4.78 is 18.2. The van der Waals surface area contributed by atoms with Gasteiger partial charge in [0.05, 0.1) is 6.04 Å². The summed E-state index contributed by atoms with van der Waals surface area (Å²) in [5, 5.41) is 5.50. The van der Waals surface area contributed by atoms with Crippen LogP contribution in [0.3, 0.4) is 0 Å². The number of carbonyl (C=O) groups excluding carboxylic acids is 1. The van der Waals surface area contributed by atoms with Gasteiger partial charge < -0.3 is 15.4 Å². The first kappa shape index (κ1) is 15.8. The van der Waals surface area contributed by atoms with Gasteiger partial charge in [-0.25, -0.2) is 9.18 Å². The number of aromatic nitrogens is 1. The van der Waals surface area contributed by atoms with Gasteiger partial charge in [0.25, 0.3) is 0 Å². The van der Waals surface area contributed by atoms with Crippen molar-refractivity contribution in [3.05, 3.63) is 60.2 Å². The van der Waals surface area contributed by atoms with Gasteiger partial charge in [0.1, 0.15) is 18.2 Å². The van der Waals surface area contributed by atoms with Crippen LogP contribution >= 0.6 is 0 Å². The predicted octanol–water partition coefficient (Wildman–Crippen LogP) is 2.49.